The van der Waals surface area contributed by atoms with Crippen LogP contribution in [0.4, 0.5) is 10.5 Å². The summed E-state index contributed by atoms with van der Waals surface area (Å²) < 4.78 is 5.01. The van der Waals surface area contributed by atoms with Gasteiger partial charge in [0.1, 0.15) is 0 Å². The number of ether oxygens (including phenoxy) is 1. The number of hydrogen-bond donors (Lipinski definition) is 3. The van der Waals surface area contributed by atoms with Crippen molar-refractivity contribution < 1.29 is 19.2 Å². The summed E-state index contributed by atoms with van der Waals surface area (Å²) in [6.07, 6.45) is 0. The molecule has 0 aromatic heterocycles. The van der Waals surface area contributed by atoms with Crippen molar-refractivity contribution in [2.75, 3.05) is 13.7 Å². The highest BCUT2D eigenvalue weighted by Gasteiger charge is 2.17. The van der Waals surface area contributed by atoms with E-state index < -0.39 is 23.5 Å². The molecule has 0 saturated heterocycles. The van der Waals surface area contributed by atoms with Crippen LogP contribution in [-0.2, 0) is 11.3 Å². The molecule has 108 valence electrons. The second kappa shape index (κ2) is 7.04. The fourth-order valence-corrected chi connectivity index (χ4v) is 1.46. The molecule has 20 heavy (non-hydrogen) atoms. The van der Waals surface area contributed by atoms with Crippen molar-refractivity contribution in [3.05, 3.63) is 33.9 Å². The Morgan fingerprint density at radius 2 is 2.15 bits per heavy atom. The lowest BCUT2D eigenvalue weighted by Gasteiger charge is -2.07. The molecule has 0 spiro atoms. The van der Waals surface area contributed by atoms with Gasteiger partial charge in [-0.1, -0.05) is 6.07 Å². The monoisotopic (exact) mass is 282 g/mol. The first-order valence-electron chi connectivity index (χ1n) is 5.58. The van der Waals surface area contributed by atoms with Crippen molar-refractivity contribution >= 4 is 17.6 Å². The van der Waals surface area contributed by atoms with Crippen molar-refractivity contribution in [3.63, 3.8) is 0 Å². The molecule has 1 rings (SSSR count). The van der Waals surface area contributed by atoms with Crippen LogP contribution in [-0.4, -0.2) is 30.5 Å². The zero-order valence-corrected chi connectivity index (χ0v) is 10.7. The maximum Gasteiger partial charge on any atom is 0.318 e. The summed E-state index contributed by atoms with van der Waals surface area (Å²) in [6, 6.07) is 3.35. The van der Waals surface area contributed by atoms with E-state index in [1.165, 1.54) is 12.1 Å². The van der Waals surface area contributed by atoms with Gasteiger partial charge in [0, 0.05) is 12.6 Å². The summed E-state index contributed by atoms with van der Waals surface area (Å²) in [5, 5.41) is 15.6. The normalized spacial score (nSPS) is 9.85. The summed E-state index contributed by atoms with van der Waals surface area (Å²) in [6.45, 7) is -0.0849. The molecule has 1 aromatic rings. The van der Waals surface area contributed by atoms with E-state index in [2.05, 4.69) is 5.32 Å². The summed E-state index contributed by atoms with van der Waals surface area (Å²) in [4.78, 5) is 31.9. The van der Waals surface area contributed by atoms with Gasteiger partial charge in [0.05, 0.1) is 4.92 Å². The van der Waals surface area contributed by atoms with Gasteiger partial charge in [0.2, 0.25) is 0 Å². The number of amides is 3. The van der Waals surface area contributed by atoms with Gasteiger partial charge in [-0.15, -0.1) is 0 Å². The minimum atomic E-state index is -1.02. The number of primary amides is 1. The molecule has 0 fully saturated rings. The third kappa shape index (κ3) is 4.53. The van der Waals surface area contributed by atoms with Gasteiger partial charge in [0.25, 0.3) is 5.91 Å². The molecule has 9 nitrogen and oxygen atoms in total. The van der Waals surface area contributed by atoms with Crippen molar-refractivity contribution in [3.8, 4) is 5.75 Å². The molecule has 0 saturated carbocycles. The average Bonchev–Trinajstić information content (AvgIpc) is 2.36. The lowest BCUT2D eigenvalue weighted by Crippen LogP contribution is -2.38. The molecule has 9 heteroatoms. The van der Waals surface area contributed by atoms with Gasteiger partial charge in [-0.25, -0.2) is 4.79 Å². The van der Waals surface area contributed by atoms with Gasteiger partial charge in [-0.05, 0) is 18.7 Å². The molecule has 0 unspecified atom stereocenters. The topological polar surface area (TPSA) is 137 Å². The number of nitrogens with zero attached hydrogens (tertiary/aromatic N) is 1. The standard InChI is InChI=1S/C11H14N4O5/c1-13-5-7-2-3-9(8(4-7)15(18)19)20-6-10(16)14-11(12)17/h2-4,13H,5-6H2,1H3,(H3,12,14,16,17). The van der Waals surface area contributed by atoms with Crippen molar-refractivity contribution in [1.29, 1.82) is 0 Å². The van der Waals surface area contributed by atoms with Crippen LogP contribution in [0.25, 0.3) is 0 Å². The van der Waals surface area contributed by atoms with Crippen LogP contribution in [0.15, 0.2) is 18.2 Å². The minimum Gasteiger partial charge on any atom is -0.477 e. The summed E-state index contributed by atoms with van der Waals surface area (Å²) >= 11 is 0. The number of benzene rings is 1. The maximum absolute atomic E-state index is 11.2. The molecule has 0 atom stereocenters. The number of nitrogens with one attached hydrogen (secondary N) is 2. The highest BCUT2D eigenvalue weighted by molar-refractivity contribution is 5.94. The van der Waals surface area contributed by atoms with E-state index in [9.17, 15) is 19.7 Å². The van der Waals surface area contributed by atoms with Crippen LogP contribution in [0.5, 0.6) is 5.75 Å². The smallest absolute Gasteiger partial charge is 0.318 e. The Bertz CT molecular complexity index is 532. The number of imide groups is 1. The minimum absolute atomic E-state index is 0.0607. The molecule has 1 aromatic carbocycles. The number of nitro groups is 1. The third-order valence-electron chi connectivity index (χ3n) is 2.22. The van der Waals surface area contributed by atoms with Crippen molar-refractivity contribution in [2.45, 2.75) is 6.54 Å². The Morgan fingerprint density at radius 1 is 1.45 bits per heavy atom. The molecule has 0 bridgehead atoms. The summed E-state index contributed by atoms with van der Waals surface area (Å²) in [5.41, 5.74) is 5.19. The second-order valence-corrected chi connectivity index (χ2v) is 3.79. The highest BCUT2D eigenvalue weighted by atomic mass is 16.6. The van der Waals surface area contributed by atoms with Crippen LogP contribution in [0.3, 0.4) is 0 Å². The Labute approximate surface area is 114 Å². The quantitative estimate of drug-likeness (QED) is 0.491. The van der Waals surface area contributed by atoms with Gasteiger partial charge in [0.15, 0.2) is 12.4 Å². The van der Waals surface area contributed by atoms with Gasteiger partial charge in [-0.3, -0.25) is 20.2 Å². The molecule has 0 heterocycles. The van der Waals surface area contributed by atoms with E-state index >= 15 is 0 Å². The first-order valence-corrected chi connectivity index (χ1v) is 5.58. The number of carbonyl (C=O) groups is 2. The van der Waals surface area contributed by atoms with Crippen LogP contribution in [0.2, 0.25) is 0 Å². The molecular weight excluding hydrogens is 268 g/mol. The van der Waals surface area contributed by atoms with E-state index in [4.69, 9.17) is 10.5 Å². The van der Waals surface area contributed by atoms with Gasteiger partial charge < -0.3 is 15.8 Å². The number of hydrogen-bond acceptors (Lipinski definition) is 6. The molecule has 0 aliphatic carbocycles. The number of rotatable bonds is 6. The first-order chi connectivity index (χ1) is 9.43. The Morgan fingerprint density at radius 3 is 2.70 bits per heavy atom. The van der Waals surface area contributed by atoms with E-state index in [1.807, 2.05) is 0 Å². The molecule has 3 amide bonds. The number of carbonyl (C=O) groups excluding carboxylic acids is 2. The van der Waals surface area contributed by atoms with Crippen molar-refractivity contribution in [1.82, 2.24) is 10.6 Å². The van der Waals surface area contributed by atoms with E-state index in [0.29, 0.717) is 12.1 Å². The highest BCUT2D eigenvalue weighted by Crippen LogP contribution is 2.27. The number of nitrogens with two attached hydrogens (primary N) is 1. The predicted molar refractivity (Wildman–Crippen MR) is 69.1 cm³/mol. The van der Waals surface area contributed by atoms with Gasteiger partial charge >= 0.3 is 11.7 Å². The van der Waals surface area contributed by atoms with E-state index in [1.54, 1.807) is 18.4 Å². The summed E-state index contributed by atoms with van der Waals surface area (Å²) in [7, 11) is 1.71. The Balaban J connectivity index is 2.81. The fraction of sp³-hybridized carbons (Fsp3) is 0.273. The van der Waals surface area contributed by atoms with Gasteiger partial charge in [-0.2, -0.15) is 0 Å². The van der Waals surface area contributed by atoms with Crippen LogP contribution in [0, 0.1) is 10.1 Å². The molecular formula is C11H14N4O5. The fourth-order valence-electron chi connectivity index (χ4n) is 1.46. The molecule has 0 radical (unpaired) electrons. The second-order valence-electron chi connectivity index (χ2n) is 3.79. The predicted octanol–water partition coefficient (Wildman–Crippen LogP) is -0.112. The molecule has 0 aliphatic heterocycles. The number of urea groups is 1. The van der Waals surface area contributed by atoms with E-state index in [-0.39, 0.29) is 11.4 Å². The lowest BCUT2D eigenvalue weighted by molar-refractivity contribution is -0.385. The van der Waals surface area contributed by atoms with Crippen LogP contribution >= 0.6 is 0 Å². The van der Waals surface area contributed by atoms with E-state index in [0.717, 1.165) is 0 Å². The zero-order valence-electron chi connectivity index (χ0n) is 10.7. The summed E-state index contributed by atoms with van der Waals surface area (Å²) in [5.74, 6) is -0.847. The number of nitro benzene ring substituents is 1. The SMILES string of the molecule is CNCc1ccc(OCC(=O)NC(N)=O)c([N+](=O)[O-])c1. The maximum atomic E-state index is 11.2. The third-order valence-corrected chi connectivity index (χ3v) is 2.22. The van der Waals surface area contributed by atoms with Crippen LogP contribution < -0.4 is 21.1 Å². The zero-order chi connectivity index (χ0) is 15.1. The first kappa shape index (κ1) is 15.4. The largest absolute Gasteiger partial charge is 0.477 e. The van der Waals surface area contributed by atoms with Crippen LogP contribution in [0.1, 0.15) is 5.56 Å². The van der Waals surface area contributed by atoms with Crippen molar-refractivity contribution in [2.24, 2.45) is 5.73 Å². The Kier molecular flexibility index (Phi) is 5.42. The Hall–Kier alpha value is -2.68. The molecule has 0 aliphatic rings. The average molecular weight is 282 g/mol. The lowest BCUT2D eigenvalue weighted by atomic mass is 10.2. The molecule has 4 N–H and O–H groups in total.